The van der Waals surface area contributed by atoms with Gasteiger partial charge < -0.3 is 5.32 Å². The fourth-order valence-corrected chi connectivity index (χ4v) is 2.79. The molecule has 0 spiro atoms. The fraction of sp³-hybridized carbons (Fsp3) is 0.300. The molecule has 0 saturated heterocycles. The minimum atomic E-state index is -4.10. The first-order valence-electron chi connectivity index (χ1n) is 5.07. The molecule has 18 heavy (non-hydrogen) atoms. The molecule has 0 radical (unpaired) electrons. The van der Waals surface area contributed by atoms with E-state index in [0.717, 1.165) is 12.1 Å². The number of carbonyl (C=O) groups is 1. The normalized spacial score (nSPS) is 11.3. The monoisotopic (exact) mass is 338 g/mol. The Kier molecular flexibility index (Phi) is 4.83. The topological polar surface area (TPSA) is 89.3 Å². The molecular formula is C10H12BrFN2O3S. The number of nitrogens with one attached hydrogen (secondary N) is 1. The predicted molar refractivity (Wildman–Crippen MR) is 68.1 cm³/mol. The van der Waals surface area contributed by atoms with Crippen molar-refractivity contribution in [1.82, 2.24) is 5.32 Å². The summed E-state index contributed by atoms with van der Waals surface area (Å²) in [6.07, 6.45) is 0.715. The van der Waals surface area contributed by atoms with Gasteiger partial charge in [0.15, 0.2) is 0 Å². The first-order chi connectivity index (χ1) is 8.27. The van der Waals surface area contributed by atoms with Crippen molar-refractivity contribution in [2.45, 2.75) is 18.2 Å². The van der Waals surface area contributed by atoms with E-state index >= 15 is 0 Å². The summed E-state index contributed by atoms with van der Waals surface area (Å²) in [4.78, 5) is 11.2. The molecule has 0 aliphatic rings. The molecule has 0 atom stereocenters. The molecule has 1 amide bonds. The van der Waals surface area contributed by atoms with Crippen molar-refractivity contribution in [2.75, 3.05) is 6.54 Å². The van der Waals surface area contributed by atoms with Crippen LogP contribution in [0.4, 0.5) is 4.39 Å². The van der Waals surface area contributed by atoms with Gasteiger partial charge in [0.2, 0.25) is 10.0 Å². The Hall–Kier alpha value is -0.990. The predicted octanol–water partition coefficient (Wildman–Crippen LogP) is 1.38. The number of rotatable bonds is 4. The molecule has 0 aliphatic carbocycles. The number of sulfonamides is 1. The van der Waals surface area contributed by atoms with E-state index in [1.807, 2.05) is 6.92 Å². The van der Waals surface area contributed by atoms with Crippen LogP contribution in [0, 0.1) is 5.82 Å². The fourth-order valence-electron chi connectivity index (χ4n) is 1.24. The summed E-state index contributed by atoms with van der Waals surface area (Å²) in [6, 6.07) is 1.98. The highest BCUT2D eigenvalue weighted by molar-refractivity contribution is 9.10. The van der Waals surface area contributed by atoms with Crippen LogP contribution in [-0.2, 0) is 10.0 Å². The Morgan fingerprint density at radius 3 is 2.61 bits per heavy atom. The minimum Gasteiger partial charge on any atom is -0.352 e. The standard InChI is InChI=1S/C10H12BrFN2O3S/c1-2-3-14-10(15)6-4-7(12)9(11)8(5-6)18(13,16)17/h4-5H,2-3H2,1H3,(H,14,15)(H2,13,16,17). The molecule has 1 aromatic carbocycles. The summed E-state index contributed by atoms with van der Waals surface area (Å²) in [5.41, 5.74) is -0.0897. The van der Waals surface area contributed by atoms with Crippen molar-refractivity contribution >= 4 is 31.9 Å². The molecule has 0 fully saturated rings. The van der Waals surface area contributed by atoms with Gasteiger partial charge in [-0.2, -0.15) is 0 Å². The van der Waals surface area contributed by atoms with Crippen LogP contribution < -0.4 is 10.5 Å². The Balaban J connectivity index is 3.25. The van der Waals surface area contributed by atoms with Crippen LogP contribution in [0.1, 0.15) is 23.7 Å². The van der Waals surface area contributed by atoms with Gasteiger partial charge in [0.1, 0.15) is 5.82 Å². The number of nitrogens with two attached hydrogens (primary N) is 1. The van der Waals surface area contributed by atoms with Gasteiger partial charge in [-0.15, -0.1) is 0 Å². The van der Waals surface area contributed by atoms with Gasteiger partial charge in [0, 0.05) is 12.1 Å². The summed E-state index contributed by atoms with van der Waals surface area (Å²) in [7, 11) is -4.10. The third-order valence-corrected chi connectivity index (χ3v) is 4.10. The first kappa shape index (κ1) is 15.1. The summed E-state index contributed by atoms with van der Waals surface area (Å²) >= 11 is 2.79. The lowest BCUT2D eigenvalue weighted by molar-refractivity contribution is 0.0953. The van der Waals surface area contributed by atoms with Crippen LogP contribution in [-0.4, -0.2) is 20.9 Å². The summed E-state index contributed by atoms with van der Waals surface area (Å²) in [6.45, 7) is 2.28. The minimum absolute atomic E-state index is 0.0897. The van der Waals surface area contributed by atoms with E-state index in [0.29, 0.717) is 13.0 Å². The van der Waals surface area contributed by atoms with Crippen molar-refractivity contribution in [1.29, 1.82) is 0 Å². The van der Waals surface area contributed by atoms with Gasteiger partial charge in [-0.25, -0.2) is 17.9 Å². The van der Waals surface area contributed by atoms with Crippen LogP contribution in [0.2, 0.25) is 0 Å². The molecule has 0 heterocycles. The van der Waals surface area contributed by atoms with Gasteiger partial charge >= 0.3 is 0 Å². The Labute approximate surface area is 113 Å². The maximum absolute atomic E-state index is 13.5. The maximum Gasteiger partial charge on any atom is 0.251 e. The van der Waals surface area contributed by atoms with E-state index in [9.17, 15) is 17.6 Å². The Morgan fingerprint density at radius 2 is 2.11 bits per heavy atom. The lowest BCUT2D eigenvalue weighted by atomic mass is 10.2. The molecule has 0 aromatic heterocycles. The van der Waals surface area contributed by atoms with E-state index in [1.54, 1.807) is 0 Å². The molecule has 5 nitrogen and oxygen atoms in total. The number of hydrogen-bond acceptors (Lipinski definition) is 3. The number of hydrogen-bond donors (Lipinski definition) is 2. The number of primary sulfonamides is 1. The van der Waals surface area contributed by atoms with E-state index in [2.05, 4.69) is 21.2 Å². The summed E-state index contributed by atoms with van der Waals surface area (Å²) in [5, 5.41) is 7.46. The summed E-state index contributed by atoms with van der Waals surface area (Å²) in [5.74, 6) is -1.41. The number of halogens is 2. The highest BCUT2D eigenvalue weighted by Crippen LogP contribution is 2.25. The van der Waals surface area contributed by atoms with Crippen LogP contribution in [0.5, 0.6) is 0 Å². The van der Waals surface area contributed by atoms with Gasteiger partial charge in [-0.3, -0.25) is 4.79 Å². The van der Waals surface area contributed by atoms with Crippen LogP contribution in [0.3, 0.4) is 0 Å². The molecule has 0 unspecified atom stereocenters. The summed E-state index contributed by atoms with van der Waals surface area (Å²) < 4.78 is 35.7. The highest BCUT2D eigenvalue weighted by atomic mass is 79.9. The third-order valence-electron chi connectivity index (χ3n) is 2.10. The van der Waals surface area contributed by atoms with E-state index in [1.165, 1.54) is 0 Å². The van der Waals surface area contributed by atoms with Gasteiger partial charge in [-0.1, -0.05) is 6.92 Å². The maximum atomic E-state index is 13.5. The van der Waals surface area contributed by atoms with Gasteiger partial charge in [0.25, 0.3) is 5.91 Å². The number of benzene rings is 1. The van der Waals surface area contributed by atoms with Crippen molar-refractivity contribution in [3.63, 3.8) is 0 Å². The smallest absolute Gasteiger partial charge is 0.251 e. The van der Waals surface area contributed by atoms with E-state index < -0.39 is 26.6 Å². The van der Waals surface area contributed by atoms with Crippen LogP contribution in [0.15, 0.2) is 21.5 Å². The zero-order valence-corrected chi connectivity index (χ0v) is 11.9. The first-order valence-corrected chi connectivity index (χ1v) is 7.41. The van der Waals surface area contributed by atoms with Crippen molar-refractivity contribution in [2.24, 2.45) is 5.14 Å². The third kappa shape index (κ3) is 3.50. The van der Waals surface area contributed by atoms with Crippen molar-refractivity contribution in [3.05, 3.63) is 28.0 Å². The molecule has 100 valence electrons. The quantitative estimate of drug-likeness (QED) is 0.868. The van der Waals surface area contributed by atoms with Crippen molar-refractivity contribution < 1.29 is 17.6 Å². The molecule has 0 aliphatic heterocycles. The second kappa shape index (κ2) is 5.77. The largest absolute Gasteiger partial charge is 0.352 e. The zero-order valence-electron chi connectivity index (χ0n) is 9.54. The highest BCUT2D eigenvalue weighted by Gasteiger charge is 2.19. The van der Waals surface area contributed by atoms with E-state index in [4.69, 9.17) is 5.14 Å². The Bertz CT molecular complexity index is 575. The number of amides is 1. The molecular weight excluding hydrogens is 327 g/mol. The van der Waals surface area contributed by atoms with Gasteiger partial charge in [0.05, 0.1) is 9.37 Å². The molecule has 1 aromatic rings. The molecule has 0 bridgehead atoms. The lowest BCUT2D eigenvalue weighted by Gasteiger charge is -2.08. The van der Waals surface area contributed by atoms with Crippen LogP contribution in [0.25, 0.3) is 0 Å². The van der Waals surface area contributed by atoms with Gasteiger partial charge in [-0.05, 0) is 34.5 Å². The molecule has 1 rings (SSSR count). The second-order valence-electron chi connectivity index (χ2n) is 3.57. The lowest BCUT2D eigenvalue weighted by Crippen LogP contribution is -2.25. The van der Waals surface area contributed by atoms with Crippen LogP contribution >= 0.6 is 15.9 Å². The zero-order chi connectivity index (χ0) is 13.9. The van der Waals surface area contributed by atoms with Crippen molar-refractivity contribution in [3.8, 4) is 0 Å². The average Bonchev–Trinajstić information content (AvgIpc) is 2.27. The molecule has 8 heteroatoms. The second-order valence-corrected chi connectivity index (χ2v) is 5.89. The average molecular weight is 339 g/mol. The SMILES string of the molecule is CCCNC(=O)c1cc(F)c(Br)c(S(N)(=O)=O)c1. The molecule has 0 saturated carbocycles. The van der Waals surface area contributed by atoms with E-state index in [-0.39, 0.29) is 10.0 Å². The number of carbonyl (C=O) groups excluding carboxylic acids is 1. The Morgan fingerprint density at radius 1 is 1.50 bits per heavy atom. The molecule has 3 N–H and O–H groups in total.